The van der Waals surface area contributed by atoms with Gasteiger partial charge in [0.1, 0.15) is 0 Å². The number of rotatable bonds is 0. The fraction of sp³-hybridized carbons (Fsp3) is 0.300. The summed E-state index contributed by atoms with van der Waals surface area (Å²) < 4.78 is 19.1. The first kappa shape index (κ1) is 9.65. The molecule has 1 heterocycles. The summed E-state index contributed by atoms with van der Waals surface area (Å²) in [7, 11) is 0. The molecule has 0 fully saturated rings. The van der Waals surface area contributed by atoms with Crippen LogP contribution < -0.4 is 4.74 Å². The molecule has 0 saturated carbocycles. The standard InChI is InChI=1S/C10H8BrFO2/c11-6-4-7-9(13)2-1-3-14-10(7)8(12)5-6/h4-5H,1-3H2. The Balaban J connectivity index is 2.58. The zero-order chi connectivity index (χ0) is 10.1. The second-order valence-electron chi connectivity index (χ2n) is 3.14. The topological polar surface area (TPSA) is 26.3 Å². The summed E-state index contributed by atoms with van der Waals surface area (Å²) in [6, 6.07) is 2.91. The van der Waals surface area contributed by atoms with Gasteiger partial charge >= 0.3 is 0 Å². The van der Waals surface area contributed by atoms with E-state index in [2.05, 4.69) is 15.9 Å². The van der Waals surface area contributed by atoms with Crippen molar-refractivity contribution in [1.29, 1.82) is 0 Å². The average Bonchev–Trinajstić information content (AvgIpc) is 2.29. The van der Waals surface area contributed by atoms with Crippen LogP contribution in [0.25, 0.3) is 0 Å². The van der Waals surface area contributed by atoms with Crippen LogP contribution in [-0.4, -0.2) is 12.4 Å². The van der Waals surface area contributed by atoms with E-state index in [1.54, 1.807) is 6.07 Å². The quantitative estimate of drug-likeness (QED) is 0.716. The number of Topliss-reactive ketones (excluding diaryl/α,β-unsaturated/α-hetero) is 1. The van der Waals surface area contributed by atoms with Gasteiger partial charge in [-0.3, -0.25) is 4.79 Å². The van der Waals surface area contributed by atoms with Crippen LogP contribution in [0, 0.1) is 5.82 Å². The Labute approximate surface area is 89.2 Å². The molecule has 1 aromatic rings. The molecule has 0 aliphatic carbocycles. The summed E-state index contributed by atoms with van der Waals surface area (Å²) in [6.45, 7) is 0.400. The zero-order valence-electron chi connectivity index (χ0n) is 7.35. The van der Waals surface area contributed by atoms with Crippen molar-refractivity contribution in [2.45, 2.75) is 12.8 Å². The molecule has 0 N–H and O–H groups in total. The maximum absolute atomic E-state index is 13.4. The zero-order valence-corrected chi connectivity index (χ0v) is 8.93. The summed E-state index contributed by atoms with van der Waals surface area (Å²) in [5, 5.41) is 0. The minimum Gasteiger partial charge on any atom is -0.490 e. The second kappa shape index (κ2) is 3.69. The third-order valence-corrected chi connectivity index (χ3v) is 2.56. The number of benzene rings is 1. The third kappa shape index (κ3) is 1.66. The Morgan fingerprint density at radius 3 is 3.00 bits per heavy atom. The van der Waals surface area contributed by atoms with Crippen LogP contribution in [0.4, 0.5) is 4.39 Å². The fourth-order valence-electron chi connectivity index (χ4n) is 1.46. The molecule has 0 saturated heterocycles. The van der Waals surface area contributed by atoms with Gasteiger partial charge in [0.25, 0.3) is 0 Å². The van der Waals surface area contributed by atoms with Crippen molar-refractivity contribution in [2.75, 3.05) is 6.61 Å². The van der Waals surface area contributed by atoms with Crippen LogP contribution in [0.1, 0.15) is 23.2 Å². The van der Waals surface area contributed by atoms with E-state index in [0.717, 1.165) is 0 Å². The maximum Gasteiger partial charge on any atom is 0.166 e. The number of hydrogen-bond acceptors (Lipinski definition) is 2. The second-order valence-corrected chi connectivity index (χ2v) is 4.06. The number of ether oxygens (including phenoxy) is 1. The molecule has 0 radical (unpaired) electrons. The molecule has 1 aliphatic heterocycles. The minimum absolute atomic E-state index is 0.0577. The Kier molecular flexibility index (Phi) is 2.54. The van der Waals surface area contributed by atoms with Crippen LogP contribution >= 0.6 is 15.9 Å². The van der Waals surface area contributed by atoms with E-state index >= 15 is 0 Å². The first-order chi connectivity index (χ1) is 6.68. The SMILES string of the molecule is O=C1CCCOc2c(F)cc(Br)cc21. The smallest absolute Gasteiger partial charge is 0.166 e. The van der Waals surface area contributed by atoms with E-state index in [4.69, 9.17) is 4.74 Å². The van der Waals surface area contributed by atoms with Gasteiger partial charge in [-0.1, -0.05) is 15.9 Å². The molecule has 2 nitrogen and oxygen atoms in total. The molecule has 0 aromatic heterocycles. The van der Waals surface area contributed by atoms with Crippen LogP contribution in [0.2, 0.25) is 0 Å². The predicted octanol–water partition coefficient (Wildman–Crippen LogP) is 2.94. The van der Waals surface area contributed by atoms with Crippen molar-refractivity contribution in [2.24, 2.45) is 0 Å². The lowest BCUT2D eigenvalue weighted by Crippen LogP contribution is -2.00. The highest BCUT2D eigenvalue weighted by Gasteiger charge is 2.20. The van der Waals surface area contributed by atoms with Crippen molar-refractivity contribution < 1.29 is 13.9 Å². The lowest BCUT2D eigenvalue weighted by molar-refractivity contribution is 0.0983. The monoisotopic (exact) mass is 258 g/mol. The van der Waals surface area contributed by atoms with Gasteiger partial charge in [-0.25, -0.2) is 4.39 Å². The molecule has 0 atom stereocenters. The highest BCUT2D eigenvalue weighted by atomic mass is 79.9. The van der Waals surface area contributed by atoms with E-state index in [0.29, 0.717) is 29.5 Å². The first-order valence-corrected chi connectivity index (χ1v) is 5.13. The Morgan fingerprint density at radius 1 is 1.43 bits per heavy atom. The molecule has 0 amide bonds. The van der Waals surface area contributed by atoms with Crippen LogP contribution in [0.3, 0.4) is 0 Å². The van der Waals surface area contributed by atoms with E-state index in [1.807, 2.05) is 0 Å². The van der Waals surface area contributed by atoms with Crippen LogP contribution in [0.5, 0.6) is 5.75 Å². The first-order valence-electron chi connectivity index (χ1n) is 4.33. The third-order valence-electron chi connectivity index (χ3n) is 2.10. The normalized spacial score (nSPS) is 15.7. The predicted molar refractivity (Wildman–Crippen MR) is 53.2 cm³/mol. The molecular formula is C10H8BrFO2. The molecule has 0 spiro atoms. The molecule has 4 heteroatoms. The van der Waals surface area contributed by atoms with Gasteiger partial charge < -0.3 is 4.74 Å². The number of hydrogen-bond donors (Lipinski definition) is 0. The molecular weight excluding hydrogens is 251 g/mol. The van der Waals surface area contributed by atoms with Gasteiger partial charge in [-0.15, -0.1) is 0 Å². The Bertz CT molecular complexity index is 390. The molecule has 0 unspecified atom stereocenters. The van der Waals surface area contributed by atoms with Crippen molar-refractivity contribution in [3.05, 3.63) is 28.0 Å². The molecule has 1 aliphatic rings. The van der Waals surface area contributed by atoms with Gasteiger partial charge in [0.05, 0.1) is 12.2 Å². The number of halogens is 2. The largest absolute Gasteiger partial charge is 0.490 e. The number of ketones is 1. The number of carbonyl (C=O) groups excluding carboxylic acids is 1. The van der Waals surface area contributed by atoms with E-state index in [1.165, 1.54) is 6.07 Å². The number of fused-ring (bicyclic) bond motifs is 1. The Hall–Kier alpha value is -0.900. The summed E-state index contributed by atoms with van der Waals surface area (Å²) in [5.74, 6) is -0.446. The van der Waals surface area contributed by atoms with Crippen molar-refractivity contribution >= 4 is 21.7 Å². The number of carbonyl (C=O) groups is 1. The molecule has 14 heavy (non-hydrogen) atoms. The summed E-state index contributed by atoms with van der Waals surface area (Å²) in [6.07, 6.45) is 1.06. The summed E-state index contributed by atoms with van der Waals surface area (Å²) >= 11 is 3.15. The molecule has 1 aromatic carbocycles. The van der Waals surface area contributed by atoms with Crippen LogP contribution in [-0.2, 0) is 0 Å². The maximum atomic E-state index is 13.4. The molecule has 74 valence electrons. The highest BCUT2D eigenvalue weighted by molar-refractivity contribution is 9.10. The van der Waals surface area contributed by atoms with Crippen molar-refractivity contribution in [3.8, 4) is 5.75 Å². The van der Waals surface area contributed by atoms with E-state index in [-0.39, 0.29) is 11.5 Å². The van der Waals surface area contributed by atoms with Gasteiger partial charge in [-0.2, -0.15) is 0 Å². The van der Waals surface area contributed by atoms with E-state index in [9.17, 15) is 9.18 Å². The molecule has 2 rings (SSSR count). The minimum atomic E-state index is -0.482. The summed E-state index contributed by atoms with van der Waals surface area (Å²) in [5.41, 5.74) is 0.342. The van der Waals surface area contributed by atoms with Crippen molar-refractivity contribution in [1.82, 2.24) is 0 Å². The molecule has 0 bridgehead atoms. The fourth-order valence-corrected chi connectivity index (χ4v) is 1.89. The van der Waals surface area contributed by atoms with Gasteiger partial charge in [0.15, 0.2) is 17.3 Å². The van der Waals surface area contributed by atoms with Gasteiger partial charge in [-0.05, 0) is 18.6 Å². The van der Waals surface area contributed by atoms with E-state index < -0.39 is 5.82 Å². The van der Waals surface area contributed by atoms with Gasteiger partial charge in [0, 0.05) is 10.9 Å². The Morgan fingerprint density at radius 2 is 2.21 bits per heavy atom. The summed E-state index contributed by atoms with van der Waals surface area (Å²) in [4.78, 5) is 11.5. The average molecular weight is 259 g/mol. The van der Waals surface area contributed by atoms with Gasteiger partial charge in [0.2, 0.25) is 0 Å². The lowest BCUT2D eigenvalue weighted by atomic mass is 10.1. The van der Waals surface area contributed by atoms with Crippen molar-refractivity contribution in [3.63, 3.8) is 0 Å². The highest BCUT2D eigenvalue weighted by Crippen LogP contribution is 2.30. The van der Waals surface area contributed by atoms with Crippen LogP contribution in [0.15, 0.2) is 16.6 Å². The lowest BCUT2D eigenvalue weighted by Gasteiger charge is -2.07.